The van der Waals surface area contributed by atoms with Crippen LogP contribution in [-0.4, -0.2) is 11.8 Å². The maximum atomic E-state index is 11.6. The molecular weight excluding hydrogens is 444 g/mol. The molecule has 0 heterocycles. The van der Waals surface area contributed by atoms with Crippen LogP contribution >= 0.6 is 0 Å². The molecule has 204 valence electrons. The minimum absolute atomic E-state index is 0.0123. The minimum atomic E-state index is 0.0123. The lowest BCUT2D eigenvalue weighted by Crippen LogP contribution is -2.18. The van der Waals surface area contributed by atoms with Gasteiger partial charge in [0.2, 0.25) is 11.8 Å². The topological polar surface area (TPSA) is 58.2 Å². The molecular formula is C32H54N2O2. The summed E-state index contributed by atoms with van der Waals surface area (Å²) in [5.74, 6) is 0.148. The van der Waals surface area contributed by atoms with Crippen LogP contribution in [0.15, 0.2) is 48.5 Å². The Morgan fingerprint density at radius 2 is 0.972 bits per heavy atom. The number of nitrogens with one attached hydrogen (secondary N) is 2. The molecule has 0 aliphatic rings. The first kappa shape index (κ1) is 35.5. The van der Waals surface area contributed by atoms with E-state index in [9.17, 15) is 9.59 Å². The van der Waals surface area contributed by atoms with Crippen molar-refractivity contribution in [2.24, 2.45) is 11.8 Å². The Morgan fingerprint density at radius 1 is 0.583 bits per heavy atom. The largest absolute Gasteiger partial charge is 0.326 e. The molecule has 0 aromatic heterocycles. The van der Waals surface area contributed by atoms with Crippen LogP contribution in [0.1, 0.15) is 108 Å². The van der Waals surface area contributed by atoms with E-state index >= 15 is 0 Å². The van der Waals surface area contributed by atoms with Crippen LogP contribution in [0.3, 0.4) is 0 Å². The Balaban J connectivity index is 0. The van der Waals surface area contributed by atoms with E-state index in [1.54, 1.807) is 0 Å². The zero-order valence-corrected chi connectivity index (χ0v) is 25.6. The molecule has 0 fully saturated rings. The second kappa shape index (κ2) is 16.9. The average molecular weight is 499 g/mol. The second-order valence-electron chi connectivity index (χ2n) is 10.9. The molecule has 0 spiro atoms. The number of rotatable bonds is 4. The highest BCUT2D eigenvalue weighted by Gasteiger charge is 2.15. The van der Waals surface area contributed by atoms with E-state index < -0.39 is 0 Å². The summed E-state index contributed by atoms with van der Waals surface area (Å²) in [5, 5.41) is 5.80. The van der Waals surface area contributed by atoms with E-state index in [2.05, 4.69) is 70.4 Å². The molecule has 0 saturated carbocycles. The normalized spacial score (nSPS) is 10.7. The molecule has 0 unspecified atom stereocenters. The van der Waals surface area contributed by atoms with Crippen molar-refractivity contribution < 1.29 is 9.59 Å². The Bertz CT molecular complexity index is 884. The van der Waals surface area contributed by atoms with Gasteiger partial charge in [-0.2, -0.15) is 0 Å². The lowest BCUT2D eigenvalue weighted by atomic mass is 9.87. The maximum Gasteiger partial charge on any atom is 0.226 e. The summed E-state index contributed by atoms with van der Waals surface area (Å²) in [7, 11) is 0. The van der Waals surface area contributed by atoms with Crippen LogP contribution in [0.5, 0.6) is 0 Å². The molecule has 2 aromatic rings. The quantitative estimate of drug-likeness (QED) is 0.441. The van der Waals surface area contributed by atoms with Gasteiger partial charge in [0, 0.05) is 23.2 Å². The maximum absolute atomic E-state index is 11.6. The zero-order valence-electron chi connectivity index (χ0n) is 25.6. The van der Waals surface area contributed by atoms with Gasteiger partial charge in [-0.3, -0.25) is 9.59 Å². The Hall–Kier alpha value is -2.62. The van der Waals surface area contributed by atoms with E-state index in [4.69, 9.17) is 0 Å². The van der Waals surface area contributed by atoms with Gasteiger partial charge in [0.05, 0.1) is 0 Å². The number of carbonyl (C=O) groups excluding carboxylic acids is 2. The first-order valence-corrected chi connectivity index (χ1v) is 13.4. The number of hydrogen-bond donors (Lipinski definition) is 2. The highest BCUT2D eigenvalue weighted by atomic mass is 16.2. The molecule has 0 radical (unpaired) electrons. The SMILES string of the molecule is CC.CC.CC(C)C(=O)Nc1ccc(C(C)(C)C)cc1.CC(C)C(=O)Nc1cccc(C(C)(C)C)c1. The summed E-state index contributed by atoms with van der Waals surface area (Å²) in [6.45, 7) is 28.6. The van der Waals surface area contributed by atoms with E-state index in [1.807, 2.05) is 85.7 Å². The average Bonchev–Trinajstić information content (AvgIpc) is 2.81. The van der Waals surface area contributed by atoms with Gasteiger partial charge >= 0.3 is 0 Å². The third kappa shape index (κ3) is 14.1. The van der Waals surface area contributed by atoms with Gasteiger partial charge in [-0.25, -0.2) is 0 Å². The molecule has 0 atom stereocenters. The number of anilines is 2. The lowest BCUT2D eigenvalue weighted by Gasteiger charge is -2.20. The summed E-state index contributed by atoms with van der Waals surface area (Å²) >= 11 is 0. The van der Waals surface area contributed by atoms with E-state index in [-0.39, 0.29) is 34.5 Å². The summed E-state index contributed by atoms with van der Waals surface area (Å²) in [6.07, 6.45) is 0. The fourth-order valence-electron chi connectivity index (χ4n) is 2.69. The van der Waals surface area contributed by atoms with E-state index in [0.29, 0.717) is 0 Å². The van der Waals surface area contributed by atoms with Gasteiger partial charge in [0.1, 0.15) is 0 Å². The van der Waals surface area contributed by atoms with Crippen molar-refractivity contribution in [1.29, 1.82) is 0 Å². The molecule has 36 heavy (non-hydrogen) atoms. The molecule has 4 nitrogen and oxygen atoms in total. The lowest BCUT2D eigenvalue weighted by molar-refractivity contribution is -0.119. The predicted molar refractivity (Wildman–Crippen MR) is 160 cm³/mol. The highest BCUT2D eigenvalue weighted by Crippen LogP contribution is 2.25. The van der Waals surface area contributed by atoms with Crippen LogP contribution in [0.25, 0.3) is 0 Å². The summed E-state index contributed by atoms with van der Waals surface area (Å²) in [4.78, 5) is 23.0. The van der Waals surface area contributed by atoms with Gasteiger partial charge in [0.15, 0.2) is 0 Å². The fraction of sp³-hybridized carbons (Fsp3) is 0.562. The van der Waals surface area contributed by atoms with Crippen LogP contribution in [0.2, 0.25) is 0 Å². The van der Waals surface area contributed by atoms with Gasteiger partial charge in [0.25, 0.3) is 0 Å². The molecule has 0 saturated heterocycles. The molecule has 2 aromatic carbocycles. The van der Waals surface area contributed by atoms with Gasteiger partial charge < -0.3 is 10.6 Å². The monoisotopic (exact) mass is 498 g/mol. The molecule has 4 heteroatoms. The molecule has 0 bridgehead atoms. The van der Waals surface area contributed by atoms with E-state index in [1.165, 1.54) is 11.1 Å². The van der Waals surface area contributed by atoms with Crippen molar-refractivity contribution in [3.63, 3.8) is 0 Å². The second-order valence-corrected chi connectivity index (χ2v) is 10.9. The standard InChI is InChI=1S/2C14H21NO.2C2H6/c1-10(2)13(16)15-12-8-6-11(7-9-12)14(3,4)5;1-10(2)13(16)15-12-8-6-7-11(9-12)14(3,4)5;2*1-2/h2*6-10H,1-5H3,(H,15,16);2*1-2H3. The minimum Gasteiger partial charge on any atom is -0.326 e. The van der Waals surface area contributed by atoms with Crippen molar-refractivity contribution in [2.45, 2.75) is 108 Å². The van der Waals surface area contributed by atoms with Crippen LogP contribution < -0.4 is 10.6 Å². The van der Waals surface area contributed by atoms with Gasteiger partial charge in [-0.1, -0.05) is 121 Å². The Morgan fingerprint density at radius 3 is 1.33 bits per heavy atom. The molecule has 2 rings (SSSR count). The smallest absolute Gasteiger partial charge is 0.226 e. The van der Waals surface area contributed by atoms with Crippen molar-refractivity contribution in [1.82, 2.24) is 0 Å². The summed E-state index contributed by atoms with van der Waals surface area (Å²) < 4.78 is 0. The van der Waals surface area contributed by atoms with Crippen molar-refractivity contribution in [2.75, 3.05) is 10.6 Å². The number of amides is 2. The molecule has 0 aliphatic heterocycles. The number of benzene rings is 2. The molecule has 2 N–H and O–H groups in total. The Kier molecular flexibility index (Phi) is 16.7. The molecule has 2 amide bonds. The van der Waals surface area contributed by atoms with E-state index in [0.717, 1.165) is 11.4 Å². The van der Waals surface area contributed by atoms with Crippen LogP contribution in [0, 0.1) is 11.8 Å². The van der Waals surface area contributed by atoms with Crippen LogP contribution in [-0.2, 0) is 20.4 Å². The van der Waals surface area contributed by atoms with Crippen LogP contribution in [0.4, 0.5) is 11.4 Å². The van der Waals surface area contributed by atoms with Crippen molar-refractivity contribution in [3.8, 4) is 0 Å². The first-order valence-electron chi connectivity index (χ1n) is 13.4. The van der Waals surface area contributed by atoms with Gasteiger partial charge in [-0.05, 0) is 46.2 Å². The first-order chi connectivity index (χ1) is 16.6. The van der Waals surface area contributed by atoms with Crippen molar-refractivity contribution in [3.05, 3.63) is 59.7 Å². The molecule has 0 aliphatic carbocycles. The third-order valence-corrected chi connectivity index (χ3v) is 5.06. The highest BCUT2D eigenvalue weighted by molar-refractivity contribution is 5.92. The summed E-state index contributed by atoms with van der Waals surface area (Å²) in [6, 6.07) is 16.1. The fourth-order valence-corrected chi connectivity index (χ4v) is 2.69. The third-order valence-electron chi connectivity index (χ3n) is 5.06. The number of carbonyl (C=O) groups is 2. The zero-order chi connectivity index (χ0) is 28.7. The van der Waals surface area contributed by atoms with Crippen molar-refractivity contribution >= 4 is 23.2 Å². The van der Waals surface area contributed by atoms with Gasteiger partial charge in [-0.15, -0.1) is 0 Å². The summed E-state index contributed by atoms with van der Waals surface area (Å²) in [5.41, 5.74) is 4.51. The predicted octanol–water partition coefficient (Wildman–Crippen LogP) is 9.21. The number of hydrogen-bond acceptors (Lipinski definition) is 2. The Labute approximate surface area is 222 Å².